The van der Waals surface area contributed by atoms with Gasteiger partial charge in [-0.3, -0.25) is 33.8 Å². The average molecular weight is 860 g/mol. The van der Waals surface area contributed by atoms with Crippen molar-refractivity contribution in [2.45, 2.75) is 114 Å². The molecule has 6 amide bonds. The van der Waals surface area contributed by atoms with Crippen LogP contribution in [0.1, 0.15) is 87.8 Å². The molecule has 334 valence electrons. The fourth-order valence-electron chi connectivity index (χ4n) is 8.00. The Hall–Kier alpha value is -6.77. The van der Waals surface area contributed by atoms with Gasteiger partial charge < -0.3 is 43.8 Å². The molecular formula is C48H61N9O6. The lowest BCUT2D eigenvalue weighted by molar-refractivity contribution is -0.138. The number of guanidine groups is 1. The number of primary amides is 1. The van der Waals surface area contributed by atoms with Gasteiger partial charge in [0.15, 0.2) is 5.96 Å². The lowest BCUT2D eigenvalue weighted by atomic mass is 9.73. The van der Waals surface area contributed by atoms with Gasteiger partial charge in [-0.15, -0.1) is 0 Å². The van der Waals surface area contributed by atoms with Crippen LogP contribution >= 0.6 is 0 Å². The second-order valence-corrected chi connectivity index (χ2v) is 16.4. The molecule has 0 heterocycles. The Kier molecular flexibility index (Phi) is 17.2. The summed E-state index contributed by atoms with van der Waals surface area (Å²) in [5.41, 5.74) is 18.0. The molecule has 15 heteroatoms. The summed E-state index contributed by atoms with van der Waals surface area (Å²) in [6.07, 6.45) is 3.28. The smallest absolute Gasteiger partial charge is 0.246 e. The quantitative estimate of drug-likeness (QED) is 0.0350. The molecule has 1 aliphatic carbocycles. The van der Waals surface area contributed by atoms with Crippen LogP contribution in [-0.4, -0.2) is 77.7 Å². The van der Waals surface area contributed by atoms with Crippen LogP contribution in [0.4, 0.5) is 0 Å². The molecule has 11 N–H and O–H groups in total. The van der Waals surface area contributed by atoms with Crippen LogP contribution in [0, 0.1) is 0 Å². The molecule has 1 fully saturated rings. The first-order chi connectivity index (χ1) is 30.3. The van der Waals surface area contributed by atoms with E-state index in [1.165, 1.54) is 6.92 Å². The lowest BCUT2D eigenvalue weighted by Gasteiger charge is -2.40. The molecule has 0 aliphatic heterocycles. The van der Waals surface area contributed by atoms with Gasteiger partial charge in [-0.2, -0.15) is 0 Å². The molecule has 4 aromatic rings. The van der Waals surface area contributed by atoms with Gasteiger partial charge in [-0.25, -0.2) is 0 Å². The highest BCUT2D eigenvalue weighted by atomic mass is 16.2. The molecule has 1 aliphatic rings. The third-order valence-corrected chi connectivity index (χ3v) is 11.6. The fourth-order valence-corrected chi connectivity index (χ4v) is 8.00. The maximum Gasteiger partial charge on any atom is 0.246 e. The summed E-state index contributed by atoms with van der Waals surface area (Å²) in [6.45, 7) is 3.48. The van der Waals surface area contributed by atoms with E-state index in [9.17, 15) is 28.8 Å². The molecule has 0 spiro atoms. The third kappa shape index (κ3) is 13.9. The van der Waals surface area contributed by atoms with Gasteiger partial charge in [0.05, 0.1) is 0 Å². The van der Waals surface area contributed by atoms with E-state index >= 15 is 0 Å². The predicted octanol–water partition coefficient (Wildman–Crippen LogP) is 3.14. The Morgan fingerprint density at radius 3 is 1.90 bits per heavy atom. The van der Waals surface area contributed by atoms with Crippen LogP contribution in [0.3, 0.4) is 0 Å². The maximum atomic E-state index is 14.6. The van der Waals surface area contributed by atoms with Crippen LogP contribution in [0.25, 0.3) is 10.8 Å². The van der Waals surface area contributed by atoms with Crippen molar-refractivity contribution in [1.29, 1.82) is 0 Å². The molecule has 0 aromatic heterocycles. The first-order valence-electron chi connectivity index (χ1n) is 21.7. The van der Waals surface area contributed by atoms with Crippen molar-refractivity contribution < 1.29 is 28.8 Å². The van der Waals surface area contributed by atoms with Gasteiger partial charge in [0.2, 0.25) is 35.4 Å². The largest absolute Gasteiger partial charge is 0.370 e. The van der Waals surface area contributed by atoms with Crippen molar-refractivity contribution >= 4 is 52.2 Å². The van der Waals surface area contributed by atoms with E-state index < -0.39 is 59.2 Å². The van der Waals surface area contributed by atoms with Crippen molar-refractivity contribution in [1.82, 2.24) is 26.6 Å². The zero-order valence-electron chi connectivity index (χ0n) is 36.1. The van der Waals surface area contributed by atoms with Gasteiger partial charge in [0.1, 0.15) is 29.7 Å². The zero-order chi connectivity index (χ0) is 45.4. The van der Waals surface area contributed by atoms with Crippen LogP contribution in [0.15, 0.2) is 108 Å². The van der Waals surface area contributed by atoms with Gasteiger partial charge in [-0.1, -0.05) is 110 Å². The highest BCUT2D eigenvalue weighted by molar-refractivity contribution is 5.98. The summed E-state index contributed by atoms with van der Waals surface area (Å²) in [4.78, 5) is 86.4. The number of nitrogens with two attached hydrogens (primary N) is 3. The van der Waals surface area contributed by atoms with E-state index in [1.807, 2.05) is 97.9 Å². The minimum Gasteiger partial charge on any atom is -0.370 e. The molecule has 15 nitrogen and oxygen atoms in total. The minimum absolute atomic E-state index is 0.0478. The Labute approximate surface area is 368 Å². The average Bonchev–Trinajstić information content (AvgIpc) is 3.27. The Morgan fingerprint density at radius 1 is 0.683 bits per heavy atom. The third-order valence-electron chi connectivity index (χ3n) is 11.6. The second-order valence-electron chi connectivity index (χ2n) is 16.4. The van der Waals surface area contributed by atoms with Crippen molar-refractivity contribution in [3.63, 3.8) is 0 Å². The monoisotopic (exact) mass is 859 g/mol. The highest BCUT2D eigenvalue weighted by Crippen LogP contribution is 2.38. The number of nitrogens with zero attached hydrogens (tertiary/aromatic N) is 1. The van der Waals surface area contributed by atoms with E-state index in [0.29, 0.717) is 32.1 Å². The maximum absolute atomic E-state index is 14.6. The van der Waals surface area contributed by atoms with Crippen LogP contribution in [-0.2, 0) is 41.6 Å². The van der Waals surface area contributed by atoms with E-state index in [1.54, 1.807) is 0 Å². The summed E-state index contributed by atoms with van der Waals surface area (Å²) >= 11 is 0. The topological polar surface area (TPSA) is 253 Å². The van der Waals surface area contributed by atoms with Gasteiger partial charge >= 0.3 is 0 Å². The summed E-state index contributed by atoms with van der Waals surface area (Å²) < 4.78 is 0. The Balaban J connectivity index is 1.42. The summed E-state index contributed by atoms with van der Waals surface area (Å²) in [5, 5.41) is 16.2. The van der Waals surface area contributed by atoms with Crippen LogP contribution < -0.4 is 43.8 Å². The highest BCUT2D eigenvalue weighted by Gasteiger charge is 2.44. The predicted molar refractivity (Wildman–Crippen MR) is 244 cm³/mol. The number of fused-ring (bicyclic) bond motifs is 1. The number of rotatable bonds is 21. The fraction of sp³-hybridized carbons (Fsp3) is 0.396. The standard InChI is InChI=1S/C48H61N9O6/c1-3-13-41(58)57-48(25-23-36(24-26-48)34-16-8-5-9-17-34)46(63)56-40(29-32-14-6-4-7-15-32)45(62)54-38(20-12-27-52-47(50)51)43(60)55-39(44(61)53-31(2)42(49)59)30-33-21-22-35-18-10-11-19-37(35)28-33/h4-11,14-19,21-22,28,31,36,38-40H,3,12-13,20,23-27,29-30H2,1-2H3,(H2,49,59)(H,53,61)(H,54,62)(H,55,60)(H,56,63)(H,57,58)(H4,50,51,52)/t31-,36?,38-,39-,40+,48?/m0/s1. The number of carbonyl (C=O) groups is 6. The van der Waals surface area contributed by atoms with Crippen molar-refractivity contribution in [2.24, 2.45) is 22.2 Å². The molecule has 4 aromatic carbocycles. The molecule has 0 saturated heterocycles. The number of hydrogen-bond acceptors (Lipinski definition) is 7. The first kappa shape index (κ1) is 47.3. The van der Waals surface area contributed by atoms with Crippen molar-refractivity contribution in [2.75, 3.05) is 6.54 Å². The molecular weight excluding hydrogens is 799 g/mol. The van der Waals surface area contributed by atoms with Gasteiger partial charge in [0.25, 0.3) is 0 Å². The molecule has 0 bridgehead atoms. The first-order valence-corrected chi connectivity index (χ1v) is 21.7. The number of carbonyl (C=O) groups excluding carboxylic acids is 6. The molecule has 0 radical (unpaired) electrons. The molecule has 1 saturated carbocycles. The van der Waals surface area contributed by atoms with Crippen molar-refractivity contribution in [3.05, 3.63) is 120 Å². The molecule has 63 heavy (non-hydrogen) atoms. The number of hydrogen-bond donors (Lipinski definition) is 8. The van der Waals surface area contributed by atoms with Gasteiger partial charge in [0, 0.05) is 25.8 Å². The SMILES string of the molecule is CCCC(=O)NC1(C(=O)N[C@H](Cc2ccccc2)C(=O)N[C@@H](CCCN=C(N)N)C(=O)N[C@@H](Cc2ccc3ccccc3c2)C(=O)N[C@@H](C)C(N)=O)CCC(c2ccccc2)CC1. The minimum atomic E-state index is -1.27. The molecule has 4 atom stereocenters. The van der Waals surface area contributed by atoms with Gasteiger partial charge in [-0.05, 0) is 85.3 Å². The van der Waals surface area contributed by atoms with Crippen LogP contribution in [0.2, 0.25) is 0 Å². The Morgan fingerprint density at radius 2 is 1.25 bits per heavy atom. The second kappa shape index (κ2) is 22.9. The number of benzene rings is 4. The number of amides is 6. The number of aliphatic imine (C=N–C) groups is 1. The molecule has 5 rings (SSSR count). The van der Waals surface area contributed by atoms with Crippen LogP contribution in [0.5, 0.6) is 0 Å². The Bertz CT molecular complexity index is 2220. The normalized spacial score (nSPS) is 17.8. The summed E-state index contributed by atoms with van der Waals surface area (Å²) in [7, 11) is 0. The van der Waals surface area contributed by atoms with Crippen molar-refractivity contribution in [3.8, 4) is 0 Å². The molecule has 0 unspecified atom stereocenters. The summed E-state index contributed by atoms with van der Waals surface area (Å²) in [6, 6.07) is 28.0. The zero-order valence-corrected chi connectivity index (χ0v) is 36.1. The van der Waals surface area contributed by atoms with E-state index in [0.717, 1.165) is 27.5 Å². The lowest BCUT2D eigenvalue weighted by Crippen LogP contribution is -2.64. The van der Waals surface area contributed by atoms with E-state index in [2.05, 4.69) is 43.7 Å². The van der Waals surface area contributed by atoms with E-state index in [4.69, 9.17) is 17.2 Å². The number of nitrogens with one attached hydrogen (secondary N) is 5. The summed E-state index contributed by atoms with van der Waals surface area (Å²) in [5.74, 6) is -3.43. The van der Waals surface area contributed by atoms with E-state index in [-0.39, 0.29) is 56.4 Å².